The van der Waals surface area contributed by atoms with Gasteiger partial charge in [0.15, 0.2) is 0 Å². The van der Waals surface area contributed by atoms with Gasteiger partial charge in [0.05, 0.1) is 18.9 Å². The number of rotatable bonds is 3. The van der Waals surface area contributed by atoms with Crippen LogP contribution in [0.2, 0.25) is 0 Å². The third kappa shape index (κ3) is 2.81. The zero-order valence-electron chi connectivity index (χ0n) is 11.4. The topological polar surface area (TPSA) is 57.0 Å². The van der Waals surface area contributed by atoms with Crippen molar-refractivity contribution in [1.82, 2.24) is 15.0 Å². The minimum Gasteiger partial charge on any atom is -0.465 e. The van der Waals surface area contributed by atoms with Crippen molar-refractivity contribution in [3.63, 3.8) is 0 Å². The Hall–Kier alpha value is -2.95. The predicted molar refractivity (Wildman–Crippen MR) is 80.5 cm³/mol. The maximum Gasteiger partial charge on any atom is 0.337 e. The van der Waals surface area contributed by atoms with Crippen molar-refractivity contribution in [1.29, 1.82) is 0 Å². The lowest BCUT2D eigenvalue weighted by Crippen LogP contribution is -2.00. The first-order valence-electron chi connectivity index (χ1n) is 6.44. The van der Waals surface area contributed by atoms with Crippen molar-refractivity contribution in [2.75, 3.05) is 7.11 Å². The summed E-state index contributed by atoms with van der Waals surface area (Å²) in [7, 11) is 1.35. The molecule has 0 saturated carbocycles. The van der Waals surface area contributed by atoms with Gasteiger partial charge in [0.1, 0.15) is 11.0 Å². The molecule has 0 saturated heterocycles. The van der Waals surface area contributed by atoms with E-state index >= 15 is 0 Å². The number of carbonyl (C=O) groups is 1. The van der Waals surface area contributed by atoms with Crippen LogP contribution in [0.4, 0.5) is 0 Å². The molecular formula is C16H13N3O2. The molecule has 0 fully saturated rings. The summed E-state index contributed by atoms with van der Waals surface area (Å²) in [6, 6.07) is 15.0. The van der Waals surface area contributed by atoms with Gasteiger partial charge in [-0.25, -0.2) is 4.79 Å². The second kappa shape index (κ2) is 5.58. The number of hydrogen-bond donors (Lipinski definition) is 0. The quantitative estimate of drug-likeness (QED) is 0.692. The van der Waals surface area contributed by atoms with E-state index in [4.69, 9.17) is 0 Å². The highest BCUT2D eigenvalue weighted by Crippen LogP contribution is 2.13. The van der Waals surface area contributed by atoms with Crippen molar-refractivity contribution in [2.45, 2.75) is 0 Å². The Morgan fingerprint density at radius 3 is 2.62 bits per heavy atom. The van der Waals surface area contributed by atoms with Crippen LogP contribution in [0.1, 0.15) is 15.9 Å². The van der Waals surface area contributed by atoms with Crippen LogP contribution >= 0.6 is 0 Å². The second-order valence-electron chi connectivity index (χ2n) is 4.44. The van der Waals surface area contributed by atoms with E-state index in [-0.39, 0.29) is 5.97 Å². The van der Waals surface area contributed by atoms with Gasteiger partial charge in [-0.2, -0.15) is 4.80 Å². The molecule has 1 heterocycles. The predicted octanol–water partition coefficient (Wildman–Crippen LogP) is 2.85. The molecule has 0 unspecified atom stereocenters. The molecule has 0 bridgehead atoms. The highest BCUT2D eigenvalue weighted by molar-refractivity contribution is 5.93. The zero-order valence-corrected chi connectivity index (χ0v) is 11.4. The van der Waals surface area contributed by atoms with Crippen LogP contribution in [0.25, 0.3) is 23.3 Å². The Morgan fingerprint density at radius 2 is 1.86 bits per heavy atom. The van der Waals surface area contributed by atoms with Crippen LogP contribution < -0.4 is 0 Å². The van der Waals surface area contributed by atoms with Gasteiger partial charge in [-0.05, 0) is 29.8 Å². The van der Waals surface area contributed by atoms with Gasteiger partial charge < -0.3 is 4.74 Å². The monoisotopic (exact) mass is 279 g/mol. The summed E-state index contributed by atoms with van der Waals surface area (Å²) in [5.41, 5.74) is 2.90. The number of esters is 1. The Labute approximate surface area is 121 Å². The smallest absolute Gasteiger partial charge is 0.337 e. The Bertz CT molecular complexity index is 807. The fraction of sp³-hybridized carbons (Fsp3) is 0.0625. The number of hydrogen-bond acceptors (Lipinski definition) is 4. The number of methoxy groups -OCH3 is 1. The number of aromatic nitrogens is 3. The lowest BCUT2D eigenvalue weighted by atomic mass is 10.2. The fourth-order valence-electron chi connectivity index (χ4n) is 1.96. The van der Waals surface area contributed by atoms with Gasteiger partial charge in [0, 0.05) is 0 Å². The summed E-state index contributed by atoms with van der Waals surface area (Å²) < 4.78 is 4.69. The van der Waals surface area contributed by atoms with E-state index in [1.807, 2.05) is 36.4 Å². The van der Waals surface area contributed by atoms with Crippen molar-refractivity contribution >= 4 is 29.3 Å². The standard InChI is InChI=1S/C16H13N3O2/c1-21-16(20)13-7-8-14-15(11-13)18-19(17-14)10-9-12-5-3-2-4-6-12/h2-11H,1H3. The summed E-state index contributed by atoms with van der Waals surface area (Å²) in [5, 5.41) is 8.64. The molecule has 0 radical (unpaired) electrons. The molecule has 0 atom stereocenters. The number of fused-ring (bicyclic) bond motifs is 1. The van der Waals surface area contributed by atoms with Crippen LogP contribution in [-0.4, -0.2) is 28.1 Å². The van der Waals surface area contributed by atoms with Crippen LogP contribution in [0.15, 0.2) is 48.5 Å². The minimum atomic E-state index is -0.383. The molecule has 5 heteroatoms. The average molecular weight is 279 g/mol. The normalized spacial score (nSPS) is 11.1. The van der Waals surface area contributed by atoms with Crippen molar-refractivity contribution in [3.05, 3.63) is 59.7 Å². The molecule has 0 N–H and O–H groups in total. The lowest BCUT2D eigenvalue weighted by molar-refractivity contribution is 0.0601. The summed E-state index contributed by atoms with van der Waals surface area (Å²) in [4.78, 5) is 13.0. The lowest BCUT2D eigenvalue weighted by Gasteiger charge is -1.96. The highest BCUT2D eigenvalue weighted by atomic mass is 16.5. The van der Waals surface area contributed by atoms with Gasteiger partial charge in [0.2, 0.25) is 0 Å². The van der Waals surface area contributed by atoms with E-state index in [2.05, 4.69) is 14.9 Å². The van der Waals surface area contributed by atoms with Crippen molar-refractivity contribution < 1.29 is 9.53 Å². The van der Waals surface area contributed by atoms with E-state index < -0.39 is 0 Å². The molecule has 0 aliphatic rings. The van der Waals surface area contributed by atoms with Crippen LogP contribution in [0, 0.1) is 0 Å². The highest BCUT2D eigenvalue weighted by Gasteiger charge is 2.08. The molecule has 0 aliphatic heterocycles. The summed E-state index contributed by atoms with van der Waals surface area (Å²) in [6.07, 6.45) is 3.69. The molecule has 3 rings (SSSR count). The molecule has 104 valence electrons. The second-order valence-corrected chi connectivity index (χ2v) is 4.44. The Morgan fingerprint density at radius 1 is 1.10 bits per heavy atom. The molecule has 5 nitrogen and oxygen atoms in total. The van der Waals surface area contributed by atoms with Crippen LogP contribution in [0.3, 0.4) is 0 Å². The third-order valence-electron chi connectivity index (χ3n) is 3.02. The largest absolute Gasteiger partial charge is 0.465 e. The first kappa shape index (κ1) is 13.1. The van der Waals surface area contributed by atoms with Gasteiger partial charge >= 0.3 is 5.97 Å². The van der Waals surface area contributed by atoms with E-state index in [1.54, 1.807) is 24.4 Å². The molecule has 0 aliphatic carbocycles. The van der Waals surface area contributed by atoms with Gasteiger partial charge in [-0.1, -0.05) is 30.3 Å². The number of carbonyl (C=O) groups excluding carboxylic acids is 1. The molecule has 1 aromatic heterocycles. The Balaban J connectivity index is 1.91. The first-order chi connectivity index (χ1) is 10.3. The van der Waals surface area contributed by atoms with Gasteiger partial charge in [-0.3, -0.25) is 0 Å². The number of ether oxygens (including phenoxy) is 1. The van der Waals surface area contributed by atoms with Gasteiger partial charge in [-0.15, -0.1) is 10.2 Å². The van der Waals surface area contributed by atoms with Crippen LogP contribution in [-0.2, 0) is 4.74 Å². The van der Waals surface area contributed by atoms with Crippen molar-refractivity contribution in [3.8, 4) is 0 Å². The third-order valence-corrected chi connectivity index (χ3v) is 3.02. The Kier molecular flexibility index (Phi) is 3.47. The van der Waals surface area contributed by atoms with Crippen LogP contribution in [0.5, 0.6) is 0 Å². The maximum absolute atomic E-state index is 11.5. The van der Waals surface area contributed by atoms with E-state index in [1.165, 1.54) is 11.9 Å². The molecule has 0 amide bonds. The molecule has 21 heavy (non-hydrogen) atoms. The maximum atomic E-state index is 11.5. The summed E-state index contributed by atoms with van der Waals surface area (Å²) in [5.74, 6) is -0.383. The fourth-order valence-corrected chi connectivity index (χ4v) is 1.96. The van der Waals surface area contributed by atoms with Gasteiger partial charge in [0.25, 0.3) is 0 Å². The average Bonchev–Trinajstić information content (AvgIpc) is 2.95. The number of nitrogens with zero attached hydrogens (tertiary/aromatic N) is 3. The van der Waals surface area contributed by atoms with Crippen molar-refractivity contribution in [2.24, 2.45) is 0 Å². The molecule has 0 spiro atoms. The minimum absolute atomic E-state index is 0.383. The molecular weight excluding hydrogens is 266 g/mol. The summed E-state index contributed by atoms with van der Waals surface area (Å²) >= 11 is 0. The zero-order chi connectivity index (χ0) is 14.7. The molecule has 3 aromatic rings. The van der Waals surface area contributed by atoms with E-state index in [0.29, 0.717) is 11.1 Å². The first-order valence-corrected chi connectivity index (χ1v) is 6.44. The summed E-state index contributed by atoms with van der Waals surface area (Å²) in [6.45, 7) is 0. The van der Waals surface area contributed by atoms with E-state index in [9.17, 15) is 4.79 Å². The molecule has 2 aromatic carbocycles. The van der Waals surface area contributed by atoms with E-state index in [0.717, 1.165) is 11.1 Å². The SMILES string of the molecule is COC(=O)c1ccc2nn(C=Cc3ccccc3)nc2c1. The number of benzene rings is 2.